The lowest BCUT2D eigenvalue weighted by Crippen LogP contribution is -1.97. The lowest BCUT2D eigenvalue weighted by molar-refractivity contribution is -0.385. The molecule has 1 heterocycles. The van der Waals surface area contributed by atoms with E-state index in [1.54, 1.807) is 24.3 Å². The SMILES string of the molecule is CC(C)c1ccc(/C=C/C(=O)c2cccs2)cc1[N+](=O)[O-]. The zero-order valence-electron chi connectivity index (χ0n) is 11.8. The fraction of sp³-hybridized carbons (Fsp3) is 0.188. The molecule has 0 N–H and O–H groups in total. The molecule has 0 amide bonds. The fourth-order valence-corrected chi connectivity index (χ4v) is 2.63. The molecule has 21 heavy (non-hydrogen) atoms. The van der Waals surface area contributed by atoms with Crippen molar-refractivity contribution in [1.82, 2.24) is 0 Å². The Morgan fingerprint density at radius 1 is 1.33 bits per heavy atom. The summed E-state index contributed by atoms with van der Waals surface area (Å²) in [4.78, 5) is 23.3. The van der Waals surface area contributed by atoms with E-state index in [-0.39, 0.29) is 22.3 Å². The van der Waals surface area contributed by atoms with E-state index in [1.807, 2.05) is 25.3 Å². The van der Waals surface area contributed by atoms with Gasteiger partial charge in [-0.3, -0.25) is 14.9 Å². The van der Waals surface area contributed by atoms with Crippen molar-refractivity contribution >= 4 is 28.9 Å². The van der Waals surface area contributed by atoms with Crippen molar-refractivity contribution in [1.29, 1.82) is 0 Å². The quantitative estimate of drug-likeness (QED) is 0.349. The third-order valence-electron chi connectivity index (χ3n) is 3.06. The van der Waals surface area contributed by atoms with Crippen molar-refractivity contribution in [3.63, 3.8) is 0 Å². The second kappa shape index (κ2) is 6.45. The third-order valence-corrected chi connectivity index (χ3v) is 3.95. The highest BCUT2D eigenvalue weighted by molar-refractivity contribution is 7.12. The molecule has 2 aromatic rings. The number of ketones is 1. The Morgan fingerprint density at radius 2 is 2.10 bits per heavy atom. The highest BCUT2D eigenvalue weighted by Crippen LogP contribution is 2.27. The number of carbonyl (C=O) groups excluding carboxylic acids is 1. The first-order chi connectivity index (χ1) is 9.99. The minimum absolute atomic E-state index is 0.0798. The number of thiophene rings is 1. The Kier molecular flexibility index (Phi) is 4.65. The van der Waals surface area contributed by atoms with Crippen molar-refractivity contribution in [3.05, 3.63) is 67.9 Å². The lowest BCUT2D eigenvalue weighted by atomic mass is 9.99. The van der Waals surface area contributed by atoms with E-state index in [9.17, 15) is 14.9 Å². The number of allylic oxidation sites excluding steroid dienone is 1. The smallest absolute Gasteiger partial charge is 0.273 e. The Labute approximate surface area is 126 Å². The second-order valence-corrected chi connectivity index (χ2v) is 5.85. The molecular weight excluding hydrogens is 286 g/mol. The van der Waals surface area contributed by atoms with Crippen molar-refractivity contribution in [2.24, 2.45) is 0 Å². The van der Waals surface area contributed by atoms with Crippen LogP contribution in [0, 0.1) is 10.1 Å². The van der Waals surface area contributed by atoms with Gasteiger partial charge in [0.25, 0.3) is 5.69 Å². The van der Waals surface area contributed by atoms with Gasteiger partial charge in [0.1, 0.15) is 0 Å². The van der Waals surface area contributed by atoms with Crippen LogP contribution in [0.3, 0.4) is 0 Å². The molecule has 0 atom stereocenters. The summed E-state index contributed by atoms with van der Waals surface area (Å²) in [5, 5.41) is 13.0. The van der Waals surface area contributed by atoms with Gasteiger partial charge in [0.15, 0.2) is 5.78 Å². The molecule has 0 saturated carbocycles. The molecule has 4 nitrogen and oxygen atoms in total. The summed E-state index contributed by atoms with van der Waals surface area (Å²) in [7, 11) is 0. The number of nitro benzene ring substituents is 1. The fourth-order valence-electron chi connectivity index (χ4n) is 1.98. The van der Waals surface area contributed by atoms with E-state index in [4.69, 9.17) is 0 Å². The van der Waals surface area contributed by atoms with Gasteiger partial charge in [0.2, 0.25) is 0 Å². The van der Waals surface area contributed by atoms with Gasteiger partial charge in [-0.15, -0.1) is 11.3 Å². The minimum Gasteiger partial charge on any atom is -0.288 e. The second-order valence-electron chi connectivity index (χ2n) is 4.90. The molecular formula is C16H15NO3S. The van der Waals surface area contributed by atoms with Crippen LogP contribution in [0.25, 0.3) is 6.08 Å². The van der Waals surface area contributed by atoms with Gasteiger partial charge in [-0.2, -0.15) is 0 Å². The molecule has 1 aromatic heterocycles. The summed E-state index contributed by atoms with van der Waals surface area (Å²) >= 11 is 1.37. The summed E-state index contributed by atoms with van der Waals surface area (Å²) in [5.41, 5.74) is 1.44. The van der Waals surface area contributed by atoms with Gasteiger partial charge in [0.05, 0.1) is 9.80 Å². The minimum atomic E-state index is -0.381. The number of hydrogen-bond acceptors (Lipinski definition) is 4. The maximum Gasteiger partial charge on any atom is 0.273 e. The summed E-state index contributed by atoms with van der Waals surface area (Å²) < 4.78 is 0. The number of nitrogens with zero attached hydrogens (tertiary/aromatic N) is 1. The molecule has 0 aliphatic heterocycles. The van der Waals surface area contributed by atoms with E-state index in [0.29, 0.717) is 16.0 Å². The Bertz CT molecular complexity index is 688. The maximum absolute atomic E-state index is 11.9. The molecule has 0 unspecified atom stereocenters. The molecule has 5 heteroatoms. The van der Waals surface area contributed by atoms with Crippen LogP contribution in [0.4, 0.5) is 5.69 Å². The molecule has 0 spiro atoms. The van der Waals surface area contributed by atoms with Crippen LogP contribution < -0.4 is 0 Å². The highest BCUT2D eigenvalue weighted by Gasteiger charge is 2.16. The summed E-state index contributed by atoms with van der Waals surface area (Å²) in [6.45, 7) is 3.83. The van der Waals surface area contributed by atoms with E-state index in [0.717, 1.165) is 0 Å². The average Bonchev–Trinajstić information content (AvgIpc) is 2.98. The van der Waals surface area contributed by atoms with Crippen LogP contribution in [0.1, 0.15) is 40.6 Å². The third kappa shape index (κ3) is 3.64. The lowest BCUT2D eigenvalue weighted by Gasteiger charge is -2.06. The molecule has 0 radical (unpaired) electrons. The molecule has 0 saturated heterocycles. The molecule has 108 valence electrons. The van der Waals surface area contributed by atoms with Crippen molar-refractivity contribution < 1.29 is 9.72 Å². The van der Waals surface area contributed by atoms with Crippen LogP contribution in [-0.4, -0.2) is 10.7 Å². The first-order valence-corrected chi connectivity index (χ1v) is 7.41. The van der Waals surface area contributed by atoms with E-state index < -0.39 is 0 Å². The first kappa shape index (κ1) is 15.1. The van der Waals surface area contributed by atoms with Crippen LogP contribution >= 0.6 is 11.3 Å². The molecule has 0 aliphatic rings. The zero-order chi connectivity index (χ0) is 15.4. The highest BCUT2D eigenvalue weighted by atomic mass is 32.1. The van der Waals surface area contributed by atoms with Gasteiger partial charge in [-0.05, 0) is 29.0 Å². The van der Waals surface area contributed by atoms with Crippen LogP contribution in [0.2, 0.25) is 0 Å². The van der Waals surface area contributed by atoms with E-state index >= 15 is 0 Å². The van der Waals surface area contributed by atoms with E-state index in [1.165, 1.54) is 23.5 Å². The number of rotatable bonds is 5. The largest absolute Gasteiger partial charge is 0.288 e. The zero-order valence-corrected chi connectivity index (χ0v) is 12.6. The van der Waals surface area contributed by atoms with Crippen molar-refractivity contribution in [2.45, 2.75) is 19.8 Å². The van der Waals surface area contributed by atoms with Crippen molar-refractivity contribution in [2.75, 3.05) is 0 Å². The first-order valence-electron chi connectivity index (χ1n) is 6.53. The number of nitro groups is 1. The monoisotopic (exact) mass is 301 g/mol. The van der Waals surface area contributed by atoms with Crippen molar-refractivity contribution in [3.8, 4) is 0 Å². The predicted octanol–water partition coefficient (Wildman–Crippen LogP) is 4.68. The van der Waals surface area contributed by atoms with Crippen LogP contribution in [-0.2, 0) is 0 Å². The predicted molar refractivity (Wildman–Crippen MR) is 84.9 cm³/mol. The van der Waals surface area contributed by atoms with Gasteiger partial charge < -0.3 is 0 Å². The van der Waals surface area contributed by atoms with Gasteiger partial charge >= 0.3 is 0 Å². The van der Waals surface area contributed by atoms with E-state index in [2.05, 4.69) is 0 Å². The molecule has 0 fully saturated rings. The Morgan fingerprint density at radius 3 is 2.67 bits per heavy atom. The Balaban J connectivity index is 2.27. The molecule has 2 rings (SSSR count). The molecule has 0 bridgehead atoms. The maximum atomic E-state index is 11.9. The standard InChI is InChI=1S/C16H15NO3S/c1-11(2)13-7-5-12(10-14(13)17(19)20)6-8-15(18)16-4-3-9-21-16/h3-11H,1-2H3/b8-6+. The summed E-state index contributed by atoms with van der Waals surface area (Å²) in [5.74, 6) is -0.0169. The normalized spacial score (nSPS) is 11.2. The van der Waals surface area contributed by atoms with Crippen LogP contribution in [0.5, 0.6) is 0 Å². The topological polar surface area (TPSA) is 60.2 Å². The summed E-state index contributed by atoms with van der Waals surface area (Å²) in [6, 6.07) is 8.61. The number of hydrogen-bond donors (Lipinski definition) is 0. The average molecular weight is 301 g/mol. The number of benzene rings is 1. The molecule has 1 aromatic carbocycles. The Hall–Kier alpha value is -2.27. The van der Waals surface area contributed by atoms with Gasteiger partial charge in [-0.1, -0.05) is 38.1 Å². The summed E-state index contributed by atoms with van der Waals surface area (Å²) in [6.07, 6.45) is 3.05. The molecule has 0 aliphatic carbocycles. The van der Waals surface area contributed by atoms with Crippen LogP contribution in [0.15, 0.2) is 41.8 Å². The number of carbonyl (C=O) groups is 1. The van der Waals surface area contributed by atoms with Gasteiger partial charge in [0, 0.05) is 11.6 Å². The van der Waals surface area contributed by atoms with Gasteiger partial charge in [-0.25, -0.2) is 0 Å².